The van der Waals surface area contributed by atoms with Crippen molar-refractivity contribution in [3.63, 3.8) is 0 Å². The van der Waals surface area contributed by atoms with E-state index in [4.69, 9.17) is 14.2 Å². The summed E-state index contributed by atoms with van der Waals surface area (Å²) in [6.07, 6.45) is 8.16. The third-order valence-corrected chi connectivity index (χ3v) is 4.21. The Balaban J connectivity index is 1.88. The molecule has 1 aliphatic rings. The lowest BCUT2D eigenvalue weighted by Crippen LogP contribution is -2.38. The molecule has 152 valence electrons. The maximum Gasteiger partial charge on any atom is 0.305 e. The van der Waals surface area contributed by atoms with Crippen molar-refractivity contribution in [1.29, 1.82) is 0 Å². The summed E-state index contributed by atoms with van der Waals surface area (Å²) in [5.41, 5.74) is 0. The Bertz CT molecular complexity index is 385. The zero-order valence-corrected chi connectivity index (χ0v) is 16.6. The molecule has 1 fully saturated rings. The smallest absolute Gasteiger partial charge is 0.305 e. The van der Waals surface area contributed by atoms with E-state index in [0.29, 0.717) is 25.7 Å². The van der Waals surface area contributed by atoms with Crippen molar-refractivity contribution in [3.8, 4) is 0 Å². The van der Waals surface area contributed by atoms with Gasteiger partial charge in [-0.3, -0.25) is 9.79 Å². The van der Waals surface area contributed by atoms with Gasteiger partial charge in [0.25, 0.3) is 0 Å². The van der Waals surface area contributed by atoms with Crippen LogP contribution >= 0.6 is 0 Å². The maximum absolute atomic E-state index is 11.2. The summed E-state index contributed by atoms with van der Waals surface area (Å²) in [5, 5.41) is 6.61. The van der Waals surface area contributed by atoms with Crippen LogP contribution in [0.15, 0.2) is 4.99 Å². The molecule has 0 aliphatic carbocycles. The molecule has 26 heavy (non-hydrogen) atoms. The van der Waals surface area contributed by atoms with Crippen LogP contribution in [0.4, 0.5) is 0 Å². The number of rotatable bonds is 14. The molecule has 0 radical (unpaired) electrons. The van der Waals surface area contributed by atoms with Crippen molar-refractivity contribution in [2.75, 3.05) is 46.6 Å². The van der Waals surface area contributed by atoms with Gasteiger partial charge >= 0.3 is 5.97 Å². The van der Waals surface area contributed by atoms with Crippen molar-refractivity contribution in [2.24, 2.45) is 4.99 Å². The highest BCUT2D eigenvalue weighted by molar-refractivity contribution is 5.79. The van der Waals surface area contributed by atoms with Gasteiger partial charge in [-0.2, -0.15) is 0 Å². The summed E-state index contributed by atoms with van der Waals surface area (Å²) in [7, 11) is 1.78. The number of aliphatic imine (C=N–C) groups is 1. The quantitative estimate of drug-likeness (QED) is 0.211. The van der Waals surface area contributed by atoms with E-state index in [0.717, 1.165) is 77.2 Å². The highest BCUT2D eigenvalue weighted by Gasteiger charge is 2.14. The standard InChI is InChI=1S/C19H37N3O4/c1-3-25-18(23)11-6-4-5-7-12-21-19(20-2)22-13-9-14-24-16-17-10-8-15-26-17/h17H,3-16H2,1-2H3,(H2,20,21,22). The van der Waals surface area contributed by atoms with Crippen LogP contribution in [0.3, 0.4) is 0 Å². The Morgan fingerprint density at radius 2 is 1.92 bits per heavy atom. The first kappa shape index (κ1) is 22.7. The van der Waals surface area contributed by atoms with Crippen molar-refractivity contribution in [3.05, 3.63) is 0 Å². The van der Waals surface area contributed by atoms with Gasteiger partial charge in [0.05, 0.1) is 19.3 Å². The van der Waals surface area contributed by atoms with Gasteiger partial charge in [-0.25, -0.2) is 0 Å². The second-order valence-electron chi connectivity index (χ2n) is 6.46. The molecule has 0 amide bonds. The van der Waals surface area contributed by atoms with Crippen LogP contribution in [-0.2, 0) is 19.0 Å². The monoisotopic (exact) mass is 371 g/mol. The molecule has 7 nitrogen and oxygen atoms in total. The molecule has 0 bridgehead atoms. The zero-order valence-electron chi connectivity index (χ0n) is 16.6. The first-order chi connectivity index (χ1) is 12.8. The molecule has 0 saturated carbocycles. The van der Waals surface area contributed by atoms with E-state index < -0.39 is 0 Å². The predicted molar refractivity (Wildman–Crippen MR) is 103 cm³/mol. The van der Waals surface area contributed by atoms with Crippen molar-refractivity contribution < 1.29 is 19.0 Å². The third kappa shape index (κ3) is 12.1. The maximum atomic E-state index is 11.2. The van der Waals surface area contributed by atoms with Gasteiger partial charge in [-0.15, -0.1) is 0 Å². The molecular weight excluding hydrogens is 334 g/mol. The summed E-state index contributed by atoms with van der Waals surface area (Å²) in [4.78, 5) is 15.4. The summed E-state index contributed by atoms with van der Waals surface area (Å²) in [6, 6.07) is 0. The number of guanidine groups is 1. The number of carbonyl (C=O) groups excluding carboxylic acids is 1. The first-order valence-corrected chi connectivity index (χ1v) is 10.1. The molecule has 7 heteroatoms. The fourth-order valence-corrected chi connectivity index (χ4v) is 2.78. The minimum atomic E-state index is -0.0880. The number of esters is 1. The molecule has 1 saturated heterocycles. The number of nitrogens with one attached hydrogen (secondary N) is 2. The Morgan fingerprint density at radius 1 is 1.15 bits per heavy atom. The molecule has 1 unspecified atom stereocenters. The minimum Gasteiger partial charge on any atom is -0.466 e. The number of ether oxygens (including phenoxy) is 3. The lowest BCUT2D eigenvalue weighted by atomic mass is 10.1. The third-order valence-electron chi connectivity index (χ3n) is 4.21. The highest BCUT2D eigenvalue weighted by atomic mass is 16.5. The predicted octanol–water partition coefficient (Wildman–Crippen LogP) is 2.25. The fourth-order valence-electron chi connectivity index (χ4n) is 2.78. The Morgan fingerprint density at radius 3 is 2.62 bits per heavy atom. The van der Waals surface area contributed by atoms with Crippen molar-refractivity contribution in [1.82, 2.24) is 10.6 Å². The van der Waals surface area contributed by atoms with Crippen LogP contribution in [0.5, 0.6) is 0 Å². The summed E-state index contributed by atoms with van der Waals surface area (Å²) < 4.78 is 16.1. The van der Waals surface area contributed by atoms with E-state index in [9.17, 15) is 4.79 Å². The molecule has 1 aliphatic heterocycles. The second kappa shape index (κ2) is 15.9. The average Bonchev–Trinajstić information content (AvgIpc) is 3.15. The van der Waals surface area contributed by atoms with Crippen LogP contribution in [0.2, 0.25) is 0 Å². The zero-order chi connectivity index (χ0) is 18.9. The van der Waals surface area contributed by atoms with Gasteiger partial charge in [-0.1, -0.05) is 12.8 Å². The number of hydrogen-bond acceptors (Lipinski definition) is 5. The van der Waals surface area contributed by atoms with Crippen LogP contribution < -0.4 is 10.6 Å². The molecule has 1 rings (SSSR count). The first-order valence-electron chi connectivity index (χ1n) is 10.1. The number of nitrogens with zero attached hydrogens (tertiary/aromatic N) is 1. The second-order valence-corrected chi connectivity index (χ2v) is 6.46. The number of carbonyl (C=O) groups is 1. The van der Waals surface area contributed by atoms with Crippen LogP contribution in [0, 0.1) is 0 Å². The van der Waals surface area contributed by atoms with E-state index in [1.807, 2.05) is 6.92 Å². The lowest BCUT2D eigenvalue weighted by Gasteiger charge is -2.13. The van der Waals surface area contributed by atoms with Crippen molar-refractivity contribution >= 4 is 11.9 Å². The van der Waals surface area contributed by atoms with E-state index in [-0.39, 0.29) is 5.97 Å². The van der Waals surface area contributed by atoms with Crippen LogP contribution in [0.1, 0.15) is 58.3 Å². The largest absolute Gasteiger partial charge is 0.466 e. The van der Waals surface area contributed by atoms with E-state index >= 15 is 0 Å². The SMILES string of the molecule is CCOC(=O)CCCCCCNC(=NC)NCCCOCC1CCCO1. The molecule has 0 aromatic rings. The summed E-state index contributed by atoms with van der Waals surface area (Å²) in [5.74, 6) is 0.741. The topological polar surface area (TPSA) is 81.2 Å². The Hall–Kier alpha value is -1.34. The van der Waals surface area contributed by atoms with Crippen LogP contribution in [-0.4, -0.2) is 64.6 Å². The molecule has 0 aromatic heterocycles. The molecule has 1 heterocycles. The fraction of sp³-hybridized carbons (Fsp3) is 0.895. The lowest BCUT2D eigenvalue weighted by molar-refractivity contribution is -0.143. The van der Waals surface area contributed by atoms with Gasteiger partial charge in [-0.05, 0) is 39.0 Å². The normalized spacial score (nSPS) is 17.3. The van der Waals surface area contributed by atoms with Gasteiger partial charge in [0.15, 0.2) is 5.96 Å². The Labute approximate surface area is 158 Å². The van der Waals surface area contributed by atoms with Gasteiger partial charge < -0.3 is 24.8 Å². The average molecular weight is 372 g/mol. The Kier molecular flexibility index (Phi) is 13.9. The van der Waals surface area contributed by atoms with E-state index in [2.05, 4.69) is 15.6 Å². The number of hydrogen-bond donors (Lipinski definition) is 2. The van der Waals surface area contributed by atoms with Gasteiger partial charge in [0, 0.05) is 39.8 Å². The molecule has 2 N–H and O–H groups in total. The van der Waals surface area contributed by atoms with Gasteiger partial charge in [0.2, 0.25) is 0 Å². The van der Waals surface area contributed by atoms with Crippen molar-refractivity contribution in [2.45, 2.75) is 64.4 Å². The molecule has 1 atom stereocenters. The van der Waals surface area contributed by atoms with Crippen LogP contribution in [0.25, 0.3) is 0 Å². The minimum absolute atomic E-state index is 0.0880. The summed E-state index contributed by atoms with van der Waals surface area (Å²) >= 11 is 0. The highest BCUT2D eigenvalue weighted by Crippen LogP contribution is 2.11. The number of unbranched alkanes of at least 4 members (excludes halogenated alkanes) is 3. The van der Waals surface area contributed by atoms with E-state index in [1.165, 1.54) is 0 Å². The molecule has 0 spiro atoms. The van der Waals surface area contributed by atoms with E-state index in [1.54, 1.807) is 7.05 Å². The molecule has 0 aromatic carbocycles. The van der Waals surface area contributed by atoms with Gasteiger partial charge in [0.1, 0.15) is 0 Å². The molecular formula is C19H37N3O4. The summed E-state index contributed by atoms with van der Waals surface area (Å²) in [6.45, 7) is 6.36.